The van der Waals surface area contributed by atoms with Crippen molar-refractivity contribution >= 4 is 12.1 Å². The maximum Gasteiger partial charge on any atom is 0.411 e. The van der Waals surface area contributed by atoms with E-state index in [1.54, 1.807) is 12.1 Å². The Morgan fingerprint density at radius 1 is 1.53 bits per heavy atom. The van der Waals surface area contributed by atoms with Crippen LogP contribution in [0.25, 0.3) is 0 Å². The molecule has 0 radical (unpaired) electrons. The molecule has 2 heterocycles. The van der Waals surface area contributed by atoms with Gasteiger partial charge in [-0.25, -0.2) is 9.59 Å². The average molecular weight is 236 g/mol. The lowest BCUT2D eigenvalue weighted by atomic mass is 9.91. The van der Waals surface area contributed by atoms with E-state index in [0.717, 1.165) is 0 Å². The smallest absolute Gasteiger partial charge is 0.411 e. The first-order valence-corrected chi connectivity index (χ1v) is 5.15. The number of hydrogen-bond donors (Lipinski definition) is 1. The molecule has 1 aliphatic rings. The molecule has 2 rings (SSSR count). The van der Waals surface area contributed by atoms with E-state index in [-0.39, 0.29) is 13.2 Å². The number of ether oxygens (including phenoxy) is 1. The molecule has 6 heteroatoms. The van der Waals surface area contributed by atoms with Gasteiger partial charge in [0.25, 0.3) is 0 Å². The molecule has 0 spiro atoms. The Morgan fingerprint density at radius 2 is 2.18 bits per heavy atom. The number of cyclic esters (lactones) is 1. The van der Waals surface area contributed by atoms with Crippen LogP contribution in [-0.2, 0) is 15.1 Å². The predicted molar refractivity (Wildman–Crippen MR) is 57.3 cm³/mol. The highest BCUT2D eigenvalue weighted by Gasteiger charge is 2.46. The Labute approximate surface area is 97.8 Å². The third-order valence-corrected chi connectivity index (χ3v) is 2.96. The lowest BCUT2D eigenvalue weighted by Crippen LogP contribution is -2.50. The number of amides is 1. The molecule has 1 aliphatic heterocycles. The van der Waals surface area contributed by atoms with Crippen LogP contribution >= 0.6 is 0 Å². The van der Waals surface area contributed by atoms with Gasteiger partial charge in [-0.15, -0.1) is 0 Å². The molecular weight excluding hydrogens is 224 g/mol. The Balaban J connectivity index is 2.46. The summed E-state index contributed by atoms with van der Waals surface area (Å²) >= 11 is 0. The molecule has 17 heavy (non-hydrogen) atoms. The van der Waals surface area contributed by atoms with E-state index in [1.165, 1.54) is 24.2 Å². The summed E-state index contributed by atoms with van der Waals surface area (Å²) in [7, 11) is 0. The van der Waals surface area contributed by atoms with Crippen LogP contribution in [0.4, 0.5) is 4.79 Å². The number of carbonyl (C=O) groups excluding carboxylic acids is 1. The van der Waals surface area contributed by atoms with Gasteiger partial charge in [0.15, 0.2) is 5.54 Å². The largest absolute Gasteiger partial charge is 0.479 e. The van der Waals surface area contributed by atoms with E-state index in [1.807, 2.05) is 0 Å². The van der Waals surface area contributed by atoms with Gasteiger partial charge in [-0.2, -0.15) is 0 Å². The molecule has 90 valence electrons. The van der Waals surface area contributed by atoms with E-state index in [4.69, 9.17) is 4.74 Å². The van der Waals surface area contributed by atoms with Gasteiger partial charge >= 0.3 is 12.1 Å². The van der Waals surface area contributed by atoms with Gasteiger partial charge in [0.05, 0.1) is 6.54 Å². The fraction of sp³-hybridized carbons (Fsp3) is 0.364. The molecule has 1 amide bonds. The summed E-state index contributed by atoms with van der Waals surface area (Å²) in [5.74, 6) is -1.09. The van der Waals surface area contributed by atoms with Crippen molar-refractivity contribution in [3.05, 3.63) is 30.1 Å². The highest BCUT2D eigenvalue weighted by atomic mass is 16.6. The third-order valence-electron chi connectivity index (χ3n) is 2.96. The molecule has 0 aliphatic carbocycles. The van der Waals surface area contributed by atoms with Crippen LogP contribution in [0.15, 0.2) is 24.5 Å². The molecule has 0 aromatic carbocycles. The number of aliphatic carboxylic acids is 1. The van der Waals surface area contributed by atoms with Crippen molar-refractivity contribution in [1.29, 1.82) is 0 Å². The van der Waals surface area contributed by atoms with E-state index in [9.17, 15) is 14.7 Å². The number of hydrogen-bond acceptors (Lipinski definition) is 4. The number of carboxylic acids is 1. The van der Waals surface area contributed by atoms with Crippen molar-refractivity contribution in [2.45, 2.75) is 12.5 Å². The summed E-state index contributed by atoms with van der Waals surface area (Å²) in [6.07, 6.45) is 2.39. The number of pyridine rings is 1. The third kappa shape index (κ3) is 1.71. The molecule has 1 fully saturated rings. The Morgan fingerprint density at radius 3 is 2.65 bits per heavy atom. The van der Waals surface area contributed by atoms with Crippen molar-refractivity contribution in [3.63, 3.8) is 0 Å². The number of carbonyl (C=O) groups is 2. The second kappa shape index (κ2) is 4.04. The van der Waals surface area contributed by atoms with Crippen molar-refractivity contribution in [2.24, 2.45) is 0 Å². The summed E-state index contributed by atoms with van der Waals surface area (Å²) in [6, 6.07) is 3.17. The summed E-state index contributed by atoms with van der Waals surface area (Å²) in [5, 5.41) is 9.39. The monoisotopic (exact) mass is 236 g/mol. The molecule has 6 nitrogen and oxygen atoms in total. The van der Waals surface area contributed by atoms with Crippen molar-refractivity contribution in [3.8, 4) is 0 Å². The highest BCUT2D eigenvalue weighted by molar-refractivity contribution is 5.86. The van der Waals surface area contributed by atoms with E-state index in [2.05, 4.69) is 4.98 Å². The number of carboxylic acid groups (broad SMARTS) is 1. The SMILES string of the molecule is CC(C(=O)O)(c1ccncc1)N1CCOC1=O. The second-order valence-electron chi connectivity index (χ2n) is 3.88. The van der Waals surface area contributed by atoms with Crippen LogP contribution in [0, 0.1) is 0 Å². The summed E-state index contributed by atoms with van der Waals surface area (Å²) < 4.78 is 4.79. The Bertz CT molecular complexity index is 448. The molecule has 1 aromatic rings. The fourth-order valence-electron chi connectivity index (χ4n) is 1.87. The standard InChI is InChI=1S/C11H12N2O4/c1-11(9(14)15,8-2-4-12-5-3-8)13-6-7-17-10(13)16/h2-5H,6-7H2,1H3,(H,14,15). The lowest BCUT2D eigenvalue weighted by molar-refractivity contribution is -0.149. The molecule has 0 bridgehead atoms. The maximum atomic E-state index is 11.5. The van der Waals surface area contributed by atoms with Crippen molar-refractivity contribution in [1.82, 2.24) is 9.88 Å². The zero-order valence-electron chi connectivity index (χ0n) is 9.29. The number of aromatic nitrogens is 1. The minimum absolute atomic E-state index is 0.215. The second-order valence-corrected chi connectivity index (χ2v) is 3.88. The van der Waals surface area contributed by atoms with Gasteiger partial charge in [-0.3, -0.25) is 9.88 Å². The van der Waals surface area contributed by atoms with Gasteiger partial charge in [0.1, 0.15) is 6.61 Å². The first kappa shape index (κ1) is 11.4. The first-order chi connectivity index (χ1) is 8.06. The minimum Gasteiger partial charge on any atom is -0.479 e. The zero-order valence-corrected chi connectivity index (χ0v) is 9.29. The molecule has 1 unspecified atom stereocenters. The molecule has 1 atom stereocenters. The van der Waals surface area contributed by atoms with Crippen LogP contribution in [0.3, 0.4) is 0 Å². The first-order valence-electron chi connectivity index (χ1n) is 5.15. The lowest BCUT2D eigenvalue weighted by Gasteiger charge is -2.33. The van der Waals surface area contributed by atoms with Crippen LogP contribution in [-0.4, -0.2) is 40.2 Å². The van der Waals surface area contributed by atoms with Gasteiger partial charge in [0, 0.05) is 12.4 Å². The topological polar surface area (TPSA) is 79.7 Å². The molecule has 1 aromatic heterocycles. The summed E-state index contributed by atoms with van der Waals surface area (Å²) in [6.45, 7) is 1.97. The van der Waals surface area contributed by atoms with Crippen LogP contribution in [0.2, 0.25) is 0 Å². The van der Waals surface area contributed by atoms with Crippen molar-refractivity contribution in [2.75, 3.05) is 13.2 Å². The van der Waals surface area contributed by atoms with E-state index >= 15 is 0 Å². The minimum atomic E-state index is -1.42. The Kier molecular flexibility index (Phi) is 2.71. The molecule has 1 saturated heterocycles. The summed E-state index contributed by atoms with van der Waals surface area (Å²) in [5.41, 5.74) is -0.921. The summed E-state index contributed by atoms with van der Waals surface area (Å²) in [4.78, 5) is 28.1. The van der Waals surface area contributed by atoms with Crippen molar-refractivity contribution < 1.29 is 19.4 Å². The van der Waals surface area contributed by atoms with E-state index < -0.39 is 17.6 Å². The molecule has 1 N–H and O–H groups in total. The van der Waals surface area contributed by atoms with Gasteiger partial charge < -0.3 is 9.84 Å². The Hall–Kier alpha value is -2.11. The van der Waals surface area contributed by atoms with Crippen LogP contribution in [0.5, 0.6) is 0 Å². The zero-order chi connectivity index (χ0) is 12.5. The van der Waals surface area contributed by atoms with Gasteiger partial charge in [0.2, 0.25) is 0 Å². The maximum absolute atomic E-state index is 11.5. The number of rotatable bonds is 3. The highest BCUT2D eigenvalue weighted by Crippen LogP contribution is 2.30. The molecule has 0 saturated carbocycles. The quantitative estimate of drug-likeness (QED) is 0.840. The molecular formula is C11H12N2O4. The van der Waals surface area contributed by atoms with Gasteiger partial charge in [-0.1, -0.05) is 0 Å². The average Bonchev–Trinajstić information content (AvgIpc) is 2.76. The van der Waals surface area contributed by atoms with E-state index in [0.29, 0.717) is 5.56 Å². The van der Waals surface area contributed by atoms with Crippen LogP contribution < -0.4 is 0 Å². The number of nitrogens with zero attached hydrogens (tertiary/aromatic N) is 2. The predicted octanol–water partition coefficient (Wildman–Crippen LogP) is 0.834. The van der Waals surface area contributed by atoms with Crippen LogP contribution in [0.1, 0.15) is 12.5 Å². The van der Waals surface area contributed by atoms with Gasteiger partial charge in [-0.05, 0) is 24.6 Å². The fourth-order valence-corrected chi connectivity index (χ4v) is 1.87. The normalized spacial score (nSPS) is 18.6.